The van der Waals surface area contributed by atoms with E-state index in [0.29, 0.717) is 12.8 Å². The lowest BCUT2D eigenvalue weighted by Gasteiger charge is -2.17. The fourth-order valence-corrected chi connectivity index (χ4v) is 1.93. The van der Waals surface area contributed by atoms with E-state index in [4.69, 9.17) is 0 Å². The molecule has 2 rings (SSSR count). The molecule has 0 amide bonds. The summed E-state index contributed by atoms with van der Waals surface area (Å²) in [4.78, 5) is 22.6. The van der Waals surface area contributed by atoms with Gasteiger partial charge in [-0.1, -0.05) is 5.21 Å². The van der Waals surface area contributed by atoms with Crippen molar-refractivity contribution < 1.29 is 9.59 Å². The lowest BCUT2D eigenvalue weighted by Crippen LogP contribution is -2.21. The quantitative estimate of drug-likeness (QED) is 0.705. The molecule has 0 atom stereocenters. The SMILES string of the molecule is CC(C)n1cc(C2CC(=O)CC(=O)C2)nn1. The molecule has 1 saturated carbocycles. The first-order chi connectivity index (χ1) is 7.56. The van der Waals surface area contributed by atoms with Crippen molar-refractivity contribution in [3.8, 4) is 0 Å². The summed E-state index contributed by atoms with van der Waals surface area (Å²) in [5, 5.41) is 8.02. The smallest absolute Gasteiger partial charge is 0.140 e. The summed E-state index contributed by atoms with van der Waals surface area (Å²) in [5.41, 5.74) is 0.759. The van der Waals surface area contributed by atoms with Crippen molar-refractivity contribution >= 4 is 11.6 Å². The van der Waals surface area contributed by atoms with E-state index in [9.17, 15) is 9.59 Å². The summed E-state index contributed by atoms with van der Waals surface area (Å²) in [6, 6.07) is 0.247. The van der Waals surface area contributed by atoms with Gasteiger partial charge in [-0.3, -0.25) is 9.59 Å². The van der Waals surface area contributed by atoms with Crippen LogP contribution >= 0.6 is 0 Å². The van der Waals surface area contributed by atoms with Gasteiger partial charge in [-0.2, -0.15) is 0 Å². The van der Waals surface area contributed by atoms with E-state index < -0.39 is 0 Å². The lowest BCUT2D eigenvalue weighted by molar-refractivity contribution is -0.130. The summed E-state index contributed by atoms with van der Waals surface area (Å²) in [7, 11) is 0. The Morgan fingerprint density at radius 3 is 2.44 bits per heavy atom. The molecule has 1 aromatic rings. The molecule has 0 unspecified atom stereocenters. The Hall–Kier alpha value is -1.52. The number of aromatic nitrogens is 3. The third-order valence-corrected chi connectivity index (χ3v) is 2.82. The summed E-state index contributed by atoms with van der Waals surface area (Å²) in [6.07, 6.45) is 2.76. The van der Waals surface area contributed by atoms with E-state index >= 15 is 0 Å². The maximum atomic E-state index is 11.3. The summed E-state index contributed by atoms with van der Waals surface area (Å²) >= 11 is 0. The Kier molecular flexibility index (Phi) is 2.85. The van der Waals surface area contributed by atoms with Gasteiger partial charge in [-0.25, -0.2) is 4.68 Å². The molecule has 1 fully saturated rings. The molecule has 0 saturated heterocycles. The van der Waals surface area contributed by atoms with E-state index in [0.717, 1.165) is 5.69 Å². The molecule has 0 bridgehead atoms. The number of hydrogen-bond donors (Lipinski definition) is 0. The molecule has 0 spiro atoms. The highest BCUT2D eigenvalue weighted by Gasteiger charge is 2.28. The van der Waals surface area contributed by atoms with E-state index in [1.165, 1.54) is 0 Å². The fraction of sp³-hybridized carbons (Fsp3) is 0.636. The molecule has 0 radical (unpaired) electrons. The number of hydrogen-bond acceptors (Lipinski definition) is 4. The number of Topliss-reactive ketones (excluding diaryl/α,β-unsaturated/α-hetero) is 2. The molecule has 5 heteroatoms. The third kappa shape index (κ3) is 2.18. The fourth-order valence-electron chi connectivity index (χ4n) is 1.93. The van der Waals surface area contributed by atoms with Crippen molar-refractivity contribution in [1.29, 1.82) is 0 Å². The number of rotatable bonds is 2. The summed E-state index contributed by atoms with van der Waals surface area (Å²) in [5.74, 6) is -0.0399. The molecule has 1 heterocycles. The van der Waals surface area contributed by atoms with Gasteiger partial charge in [0.25, 0.3) is 0 Å². The predicted octanol–water partition coefficient (Wildman–Crippen LogP) is 1.26. The van der Waals surface area contributed by atoms with Crippen LogP contribution in [0.5, 0.6) is 0 Å². The second kappa shape index (κ2) is 4.15. The van der Waals surface area contributed by atoms with Crippen molar-refractivity contribution in [2.24, 2.45) is 0 Å². The zero-order valence-electron chi connectivity index (χ0n) is 9.51. The van der Waals surface area contributed by atoms with Crippen LogP contribution in [0, 0.1) is 0 Å². The maximum Gasteiger partial charge on any atom is 0.140 e. The molecule has 1 aliphatic rings. The zero-order valence-corrected chi connectivity index (χ0v) is 9.51. The van der Waals surface area contributed by atoms with E-state index in [2.05, 4.69) is 10.3 Å². The predicted molar refractivity (Wildman–Crippen MR) is 57.0 cm³/mol. The second-order valence-corrected chi connectivity index (χ2v) is 4.58. The normalized spacial score (nSPS) is 18.4. The third-order valence-electron chi connectivity index (χ3n) is 2.82. The Morgan fingerprint density at radius 2 is 1.94 bits per heavy atom. The van der Waals surface area contributed by atoms with Gasteiger partial charge in [0.15, 0.2) is 0 Å². The van der Waals surface area contributed by atoms with E-state index in [-0.39, 0.29) is 29.9 Å². The Bertz CT molecular complexity index is 407. The molecule has 1 aliphatic carbocycles. The highest BCUT2D eigenvalue weighted by Crippen LogP contribution is 2.27. The van der Waals surface area contributed by atoms with Gasteiger partial charge >= 0.3 is 0 Å². The van der Waals surface area contributed by atoms with Crippen molar-refractivity contribution in [3.05, 3.63) is 11.9 Å². The van der Waals surface area contributed by atoms with Crippen LogP contribution in [0.1, 0.15) is 50.8 Å². The molecular formula is C11H15N3O2. The van der Waals surface area contributed by atoms with Crippen LogP contribution in [-0.2, 0) is 9.59 Å². The highest BCUT2D eigenvalue weighted by atomic mass is 16.1. The summed E-state index contributed by atoms with van der Waals surface area (Å²) < 4.78 is 1.75. The van der Waals surface area contributed by atoms with Crippen LogP contribution in [-0.4, -0.2) is 26.6 Å². The Balaban J connectivity index is 2.16. The van der Waals surface area contributed by atoms with Crippen LogP contribution in [0.25, 0.3) is 0 Å². The van der Waals surface area contributed by atoms with Crippen molar-refractivity contribution in [1.82, 2.24) is 15.0 Å². The first-order valence-electron chi connectivity index (χ1n) is 5.51. The molecule has 5 nitrogen and oxygen atoms in total. The number of carbonyl (C=O) groups is 2. The van der Waals surface area contributed by atoms with Gasteiger partial charge in [0.2, 0.25) is 0 Å². The Morgan fingerprint density at radius 1 is 1.31 bits per heavy atom. The molecule has 0 aliphatic heterocycles. The molecule has 86 valence electrons. The minimum absolute atomic E-state index is 0.0142. The van der Waals surface area contributed by atoms with Crippen LogP contribution in [0.4, 0.5) is 0 Å². The zero-order chi connectivity index (χ0) is 11.7. The first-order valence-corrected chi connectivity index (χ1v) is 5.51. The number of carbonyl (C=O) groups excluding carboxylic acids is 2. The van der Waals surface area contributed by atoms with Crippen molar-refractivity contribution in [3.63, 3.8) is 0 Å². The van der Waals surface area contributed by atoms with Crippen LogP contribution < -0.4 is 0 Å². The number of nitrogens with zero attached hydrogens (tertiary/aromatic N) is 3. The van der Waals surface area contributed by atoms with Gasteiger partial charge in [0.1, 0.15) is 11.6 Å². The minimum atomic E-state index is -0.0683. The van der Waals surface area contributed by atoms with Crippen molar-refractivity contribution in [2.75, 3.05) is 0 Å². The van der Waals surface area contributed by atoms with Crippen LogP contribution in [0.2, 0.25) is 0 Å². The average Bonchev–Trinajstić information content (AvgIpc) is 2.64. The van der Waals surface area contributed by atoms with Gasteiger partial charge in [-0.05, 0) is 13.8 Å². The highest BCUT2D eigenvalue weighted by molar-refractivity contribution is 6.02. The second-order valence-electron chi connectivity index (χ2n) is 4.58. The molecule has 16 heavy (non-hydrogen) atoms. The monoisotopic (exact) mass is 221 g/mol. The van der Waals surface area contributed by atoms with Gasteiger partial charge in [0.05, 0.1) is 12.1 Å². The lowest BCUT2D eigenvalue weighted by atomic mass is 9.85. The Labute approximate surface area is 93.8 Å². The van der Waals surface area contributed by atoms with Crippen LogP contribution in [0.15, 0.2) is 6.20 Å². The number of ketones is 2. The summed E-state index contributed by atoms with van der Waals surface area (Å²) in [6.45, 7) is 4.02. The molecule has 0 aromatic carbocycles. The van der Waals surface area contributed by atoms with Gasteiger partial charge in [-0.15, -0.1) is 5.10 Å². The minimum Gasteiger partial charge on any atom is -0.299 e. The van der Waals surface area contributed by atoms with E-state index in [1.54, 1.807) is 4.68 Å². The molecular weight excluding hydrogens is 206 g/mol. The van der Waals surface area contributed by atoms with Crippen LogP contribution in [0.3, 0.4) is 0 Å². The molecule has 0 N–H and O–H groups in total. The standard InChI is InChI=1S/C11H15N3O2/c1-7(2)14-6-11(12-13-14)8-3-9(15)5-10(16)4-8/h6-8H,3-5H2,1-2H3. The van der Waals surface area contributed by atoms with Gasteiger partial charge in [0, 0.05) is 31.0 Å². The average molecular weight is 221 g/mol. The van der Waals surface area contributed by atoms with E-state index in [1.807, 2.05) is 20.0 Å². The first kappa shape index (κ1) is 11.0. The van der Waals surface area contributed by atoms with Crippen molar-refractivity contribution in [2.45, 2.75) is 45.1 Å². The molecule has 1 aromatic heterocycles. The maximum absolute atomic E-state index is 11.3. The largest absolute Gasteiger partial charge is 0.299 e. The van der Waals surface area contributed by atoms with Gasteiger partial charge < -0.3 is 0 Å². The topological polar surface area (TPSA) is 64.8 Å².